The van der Waals surface area contributed by atoms with Crippen molar-refractivity contribution in [1.82, 2.24) is 9.13 Å². The summed E-state index contributed by atoms with van der Waals surface area (Å²) >= 11 is 0. The van der Waals surface area contributed by atoms with E-state index in [1.807, 2.05) is 72.8 Å². The molecule has 0 amide bonds. The van der Waals surface area contributed by atoms with Crippen LogP contribution in [0.2, 0.25) is 0 Å². The first-order chi connectivity index (χ1) is 27.4. The minimum absolute atomic E-state index is 0.0245. The van der Waals surface area contributed by atoms with Crippen LogP contribution in [0.5, 0.6) is 0 Å². The van der Waals surface area contributed by atoms with E-state index in [9.17, 15) is 5.48 Å². The van der Waals surface area contributed by atoms with Crippen molar-refractivity contribution >= 4 is 65.2 Å². The van der Waals surface area contributed by atoms with Gasteiger partial charge in [0.05, 0.1) is 37.1 Å². The monoisotopic (exact) mass is 595 g/mol. The summed E-state index contributed by atoms with van der Waals surface area (Å²) in [5, 5.41) is 5.41. The first-order valence-electron chi connectivity index (χ1n) is 20.5. The van der Waals surface area contributed by atoms with Gasteiger partial charge in [0.15, 0.2) is 0 Å². The van der Waals surface area contributed by atoms with Crippen molar-refractivity contribution in [3.63, 3.8) is 0 Å². The standard InChI is InChI=1S/C44H28N2/c1-3-11-29(12-4-1)32-20-19-30-21-23-35(26-33(30)25-32)46-40-18-10-9-17-37(40)38-27-39-43(28-42(38)46)45(34-14-5-2-6-15-34)41-24-22-31-13-7-8-16-36(31)44(39)41/h1-28H/i1D,3D,4D,11D,12D,19D,20D,21D,23D,25D,26D. The summed E-state index contributed by atoms with van der Waals surface area (Å²) in [5.74, 6) is 0. The summed E-state index contributed by atoms with van der Waals surface area (Å²) < 4.78 is 101. The van der Waals surface area contributed by atoms with Crippen molar-refractivity contribution < 1.29 is 15.1 Å². The molecule has 214 valence electrons. The fourth-order valence-electron chi connectivity index (χ4n) is 6.82. The summed E-state index contributed by atoms with van der Waals surface area (Å²) in [6.07, 6.45) is 0. The van der Waals surface area contributed by atoms with Gasteiger partial charge in [0.1, 0.15) is 0 Å². The third-order valence-electron chi connectivity index (χ3n) is 8.80. The van der Waals surface area contributed by atoms with Crippen molar-refractivity contribution in [2.24, 2.45) is 0 Å². The van der Waals surface area contributed by atoms with Crippen LogP contribution >= 0.6 is 0 Å². The van der Waals surface area contributed by atoms with Crippen LogP contribution in [0, 0.1) is 0 Å². The van der Waals surface area contributed by atoms with E-state index in [4.69, 9.17) is 9.60 Å². The Labute approximate surface area is 281 Å². The van der Waals surface area contributed by atoms with E-state index in [-0.39, 0.29) is 28.5 Å². The Morgan fingerprint density at radius 2 is 1.13 bits per heavy atom. The minimum atomic E-state index is -0.664. The van der Waals surface area contributed by atoms with Crippen LogP contribution in [0.3, 0.4) is 0 Å². The smallest absolute Gasteiger partial charge is 0.0651 e. The Kier molecular flexibility index (Phi) is 3.54. The topological polar surface area (TPSA) is 9.86 Å². The van der Waals surface area contributed by atoms with Gasteiger partial charge in [-0.05, 0) is 87.2 Å². The largest absolute Gasteiger partial charge is 0.309 e. The average molecular weight is 596 g/mol. The van der Waals surface area contributed by atoms with E-state index < -0.39 is 65.5 Å². The van der Waals surface area contributed by atoms with Crippen molar-refractivity contribution in [1.29, 1.82) is 0 Å². The zero-order chi connectivity index (χ0) is 39.8. The molecule has 0 saturated carbocycles. The average Bonchev–Trinajstić information content (AvgIpc) is 3.72. The van der Waals surface area contributed by atoms with E-state index in [0.29, 0.717) is 11.0 Å². The predicted molar refractivity (Wildman–Crippen MR) is 196 cm³/mol. The van der Waals surface area contributed by atoms with Crippen LogP contribution in [0.1, 0.15) is 15.1 Å². The summed E-state index contributed by atoms with van der Waals surface area (Å²) in [4.78, 5) is 0. The lowest BCUT2D eigenvalue weighted by Crippen LogP contribution is -1.96. The van der Waals surface area contributed by atoms with Crippen LogP contribution in [-0.4, -0.2) is 9.13 Å². The molecule has 10 aromatic rings. The number of aromatic nitrogens is 2. The van der Waals surface area contributed by atoms with E-state index in [1.165, 1.54) is 0 Å². The predicted octanol–water partition coefficient (Wildman–Crippen LogP) is 11.9. The highest BCUT2D eigenvalue weighted by atomic mass is 15.0. The molecule has 8 aromatic carbocycles. The molecule has 0 unspecified atom stereocenters. The second-order valence-electron chi connectivity index (χ2n) is 11.3. The van der Waals surface area contributed by atoms with Crippen molar-refractivity contribution in [3.05, 3.63) is 170 Å². The molecule has 0 fully saturated rings. The van der Waals surface area contributed by atoms with Gasteiger partial charge in [-0.2, -0.15) is 0 Å². The maximum atomic E-state index is 9.72. The number of para-hydroxylation sites is 2. The van der Waals surface area contributed by atoms with Gasteiger partial charge in [0, 0.05) is 32.9 Å². The van der Waals surface area contributed by atoms with Gasteiger partial charge >= 0.3 is 0 Å². The van der Waals surface area contributed by atoms with Crippen LogP contribution in [0.15, 0.2) is 170 Å². The van der Waals surface area contributed by atoms with Crippen LogP contribution in [-0.2, 0) is 0 Å². The molecule has 0 atom stereocenters. The second kappa shape index (κ2) is 9.69. The molecule has 2 heterocycles. The Hall–Kier alpha value is -6.12. The SMILES string of the molecule is [2H]c1c([2H])c([2H])c(-c2c([2H])c([2H])c3c([2H])c([2H])c(-n4c5ccccc5c5cc6c7c8ccccc8ccc7n(-c7ccccc7)c6cc54)c([2H])c3c2[2H])c([2H])c1[2H]. The summed E-state index contributed by atoms with van der Waals surface area (Å²) in [6, 6.07) is 28.0. The van der Waals surface area contributed by atoms with Gasteiger partial charge in [-0.3, -0.25) is 0 Å². The lowest BCUT2D eigenvalue weighted by atomic mass is 10.0. The van der Waals surface area contributed by atoms with Gasteiger partial charge in [-0.25, -0.2) is 0 Å². The lowest BCUT2D eigenvalue weighted by Gasteiger charge is -2.11. The lowest BCUT2D eigenvalue weighted by molar-refractivity contribution is 1.17. The maximum Gasteiger partial charge on any atom is 0.0651 e. The molecular formula is C44H28N2. The molecule has 0 radical (unpaired) electrons. The first kappa shape index (κ1) is 16.8. The molecule has 0 aliphatic heterocycles. The fourth-order valence-corrected chi connectivity index (χ4v) is 6.82. The van der Waals surface area contributed by atoms with Gasteiger partial charge in [-0.1, -0.05) is 115 Å². The van der Waals surface area contributed by atoms with E-state index in [2.05, 4.69) is 34.9 Å². The number of benzene rings is 8. The zero-order valence-corrected chi connectivity index (χ0v) is 24.2. The number of hydrogen-bond acceptors (Lipinski definition) is 0. The Balaban J connectivity index is 1.38. The van der Waals surface area contributed by atoms with E-state index in [1.54, 1.807) is 4.57 Å². The molecule has 0 aliphatic carbocycles. The number of fused-ring (bicyclic) bond motifs is 9. The van der Waals surface area contributed by atoms with Gasteiger partial charge in [0.25, 0.3) is 0 Å². The van der Waals surface area contributed by atoms with Crippen molar-refractivity contribution in [3.8, 4) is 22.5 Å². The number of rotatable bonds is 3. The molecule has 0 saturated heterocycles. The maximum absolute atomic E-state index is 9.72. The fraction of sp³-hybridized carbons (Fsp3) is 0. The molecule has 0 spiro atoms. The van der Waals surface area contributed by atoms with Crippen LogP contribution in [0.25, 0.3) is 87.7 Å². The number of hydrogen-bond donors (Lipinski definition) is 0. The van der Waals surface area contributed by atoms with Gasteiger partial charge in [-0.15, -0.1) is 0 Å². The van der Waals surface area contributed by atoms with Crippen molar-refractivity contribution in [2.75, 3.05) is 0 Å². The molecule has 2 heteroatoms. The Morgan fingerprint density at radius 3 is 2.02 bits per heavy atom. The number of nitrogens with zero attached hydrogens (tertiary/aromatic N) is 2. The third kappa shape index (κ3) is 3.65. The third-order valence-corrected chi connectivity index (χ3v) is 8.80. The molecular weight excluding hydrogens is 556 g/mol. The molecule has 2 nitrogen and oxygen atoms in total. The Bertz CT molecular complexity index is 3390. The molecule has 2 aromatic heterocycles. The van der Waals surface area contributed by atoms with Crippen molar-refractivity contribution in [2.45, 2.75) is 0 Å². The highest BCUT2D eigenvalue weighted by molar-refractivity contribution is 6.25. The quantitative estimate of drug-likeness (QED) is 0.192. The molecule has 0 bridgehead atoms. The molecule has 0 N–H and O–H groups in total. The second-order valence-corrected chi connectivity index (χ2v) is 11.3. The first-order valence-corrected chi connectivity index (χ1v) is 15.0. The highest BCUT2D eigenvalue weighted by Gasteiger charge is 2.19. The summed E-state index contributed by atoms with van der Waals surface area (Å²) in [6.45, 7) is 0. The summed E-state index contributed by atoms with van der Waals surface area (Å²) in [7, 11) is 0. The van der Waals surface area contributed by atoms with Gasteiger partial charge < -0.3 is 9.13 Å². The molecule has 10 rings (SSSR count). The minimum Gasteiger partial charge on any atom is -0.309 e. The van der Waals surface area contributed by atoms with E-state index in [0.717, 1.165) is 49.0 Å². The van der Waals surface area contributed by atoms with Gasteiger partial charge in [0.2, 0.25) is 0 Å². The molecule has 0 aliphatic rings. The highest BCUT2D eigenvalue weighted by Crippen LogP contribution is 2.42. The van der Waals surface area contributed by atoms with Crippen LogP contribution in [0.4, 0.5) is 0 Å². The Morgan fingerprint density at radius 1 is 0.391 bits per heavy atom. The zero-order valence-electron chi connectivity index (χ0n) is 35.2. The summed E-state index contributed by atoms with van der Waals surface area (Å²) in [5.41, 5.74) is 3.20. The normalized spacial score (nSPS) is 15.3. The molecule has 46 heavy (non-hydrogen) atoms. The van der Waals surface area contributed by atoms with E-state index >= 15 is 0 Å². The van der Waals surface area contributed by atoms with Crippen LogP contribution < -0.4 is 0 Å².